The SMILES string of the molecule is COc1ccc(S(=O)(=O)N(CC2CC2)C2CC2)cc1CN. The molecule has 116 valence electrons. The molecule has 0 spiro atoms. The second kappa shape index (κ2) is 5.59. The van der Waals surface area contributed by atoms with Crippen LogP contribution in [0.15, 0.2) is 23.1 Å². The Morgan fingerprint density at radius 3 is 2.52 bits per heavy atom. The van der Waals surface area contributed by atoms with Crippen molar-refractivity contribution < 1.29 is 13.2 Å². The average Bonchev–Trinajstić information content (AvgIpc) is 3.37. The molecule has 0 bridgehead atoms. The molecule has 21 heavy (non-hydrogen) atoms. The predicted molar refractivity (Wildman–Crippen MR) is 80.5 cm³/mol. The van der Waals surface area contributed by atoms with E-state index < -0.39 is 10.0 Å². The summed E-state index contributed by atoms with van der Waals surface area (Å²) < 4.78 is 32.7. The number of nitrogens with zero attached hydrogens (tertiary/aromatic N) is 1. The van der Waals surface area contributed by atoms with Crippen LogP contribution in [0.5, 0.6) is 5.75 Å². The molecular weight excluding hydrogens is 288 g/mol. The normalized spacial score (nSPS) is 19.0. The van der Waals surface area contributed by atoms with Gasteiger partial charge >= 0.3 is 0 Å². The van der Waals surface area contributed by atoms with Crippen molar-refractivity contribution in [1.82, 2.24) is 4.31 Å². The summed E-state index contributed by atoms with van der Waals surface area (Å²) in [7, 11) is -1.87. The van der Waals surface area contributed by atoms with Crippen LogP contribution in [-0.2, 0) is 16.6 Å². The minimum atomic E-state index is -3.43. The minimum Gasteiger partial charge on any atom is -0.496 e. The molecule has 6 heteroatoms. The molecule has 0 unspecified atom stereocenters. The standard InChI is InChI=1S/C15H22N2O3S/c1-20-15-7-6-14(8-12(15)9-16)21(18,19)17(13-4-5-13)10-11-2-3-11/h6-8,11,13H,2-5,9-10,16H2,1H3. The fraction of sp³-hybridized carbons (Fsp3) is 0.600. The summed E-state index contributed by atoms with van der Waals surface area (Å²) >= 11 is 0. The van der Waals surface area contributed by atoms with Crippen molar-refractivity contribution in [3.05, 3.63) is 23.8 Å². The Morgan fingerprint density at radius 1 is 1.29 bits per heavy atom. The van der Waals surface area contributed by atoms with Gasteiger partial charge in [-0.3, -0.25) is 0 Å². The van der Waals surface area contributed by atoms with E-state index in [1.165, 1.54) is 0 Å². The smallest absolute Gasteiger partial charge is 0.243 e. The molecule has 0 amide bonds. The fourth-order valence-electron chi connectivity index (χ4n) is 2.57. The van der Waals surface area contributed by atoms with Gasteiger partial charge in [0.05, 0.1) is 12.0 Å². The van der Waals surface area contributed by atoms with Crippen LogP contribution in [0, 0.1) is 5.92 Å². The van der Waals surface area contributed by atoms with E-state index in [1.54, 1.807) is 29.6 Å². The van der Waals surface area contributed by atoms with Gasteiger partial charge in [-0.15, -0.1) is 0 Å². The van der Waals surface area contributed by atoms with Crippen LogP contribution in [0.3, 0.4) is 0 Å². The maximum atomic E-state index is 12.9. The van der Waals surface area contributed by atoms with Crippen LogP contribution in [-0.4, -0.2) is 32.4 Å². The van der Waals surface area contributed by atoms with Gasteiger partial charge in [0.15, 0.2) is 0 Å². The van der Waals surface area contributed by atoms with E-state index in [1.807, 2.05) is 0 Å². The number of ether oxygens (including phenoxy) is 1. The van der Waals surface area contributed by atoms with Crippen molar-refractivity contribution in [2.45, 2.75) is 43.2 Å². The molecule has 0 radical (unpaired) electrons. The number of methoxy groups -OCH3 is 1. The second-order valence-corrected chi connectivity index (χ2v) is 7.82. The van der Waals surface area contributed by atoms with Crippen LogP contribution in [0.2, 0.25) is 0 Å². The Bertz CT molecular complexity index is 622. The van der Waals surface area contributed by atoms with Gasteiger partial charge in [0.2, 0.25) is 10.0 Å². The summed E-state index contributed by atoms with van der Waals surface area (Å²) in [4.78, 5) is 0.330. The van der Waals surface area contributed by atoms with Crippen LogP contribution in [0.1, 0.15) is 31.2 Å². The van der Waals surface area contributed by atoms with Crippen molar-refractivity contribution in [3.8, 4) is 5.75 Å². The lowest BCUT2D eigenvalue weighted by atomic mass is 10.2. The predicted octanol–water partition coefficient (Wildman–Crippen LogP) is 1.72. The highest BCUT2D eigenvalue weighted by Crippen LogP contribution is 2.38. The molecule has 0 aliphatic heterocycles. The Labute approximate surface area is 126 Å². The molecule has 3 rings (SSSR count). The Hall–Kier alpha value is -1.11. The summed E-state index contributed by atoms with van der Waals surface area (Å²) in [6.07, 6.45) is 4.25. The lowest BCUT2D eigenvalue weighted by Gasteiger charge is -2.22. The van der Waals surface area contributed by atoms with E-state index in [9.17, 15) is 8.42 Å². The van der Waals surface area contributed by atoms with Crippen molar-refractivity contribution in [1.29, 1.82) is 0 Å². The monoisotopic (exact) mass is 310 g/mol. The zero-order valence-corrected chi connectivity index (χ0v) is 13.1. The topological polar surface area (TPSA) is 72.6 Å². The molecule has 0 atom stereocenters. The fourth-order valence-corrected chi connectivity index (χ4v) is 4.38. The third kappa shape index (κ3) is 3.07. The van der Waals surface area contributed by atoms with Gasteiger partial charge in [0, 0.05) is 24.7 Å². The van der Waals surface area contributed by atoms with Gasteiger partial charge in [-0.2, -0.15) is 4.31 Å². The van der Waals surface area contributed by atoms with Crippen LogP contribution in [0.4, 0.5) is 0 Å². The quantitative estimate of drug-likeness (QED) is 0.832. The van der Waals surface area contributed by atoms with Crippen LogP contribution in [0.25, 0.3) is 0 Å². The second-order valence-electron chi connectivity index (χ2n) is 5.93. The number of sulfonamides is 1. The molecule has 1 aromatic rings. The molecule has 2 aliphatic rings. The number of hydrogen-bond acceptors (Lipinski definition) is 4. The van der Waals surface area contributed by atoms with E-state index in [0.29, 0.717) is 23.1 Å². The highest BCUT2D eigenvalue weighted by Gasteiger charge is 2.41. The first-order valence-electron chi connectivity index (χ1n) is 7.45. The Balaban J connectivity index is 1.92. The zero-order valence-electron chi connectivity index (χ0n) is 12.3. The molecule has 2 aliphatic carbocycles. The molecule has 1 aromatic carbocycles. The maximum absolute atomic E-state index is 12.9. The van der Waals surface area contributed by atoms with E-state index in [0.717, 1.165) is 31.2 Å². The number of rotatable bonds is 7. The largest absolute Gasteiger partial charge is 0.496 e. The van der Waals surface area contributed by atoms with Crippen molar-refractivity contribution in [3.63, 3.8) is 0 Å². The molecule has 2 fully saturated rings. The average molecular weight is 310 g/mol. The van der Waals surface area contributed by atoms with Gasteiger partial charge in [-0.25, -0.2) is 8.42 Å². The first-order valence-corrected chi connectivity index (χ1v) is 8.89. The number of nitrogens with two attached hydrogens (primary N) is 1. The molecule has 2 N–H and O–H groups in total. The third-order valence-corrected chi connectivity index (χ3v) is 6.08. The summed E-state index contributed by atoms with van der Waals surface area (Å²) in [5, 5.41) is 0. The highest BCUT2D eigenvalue weighted by molar-refractivity contribution is 7.89. The first kappa shape index (κ1) is 14.8. The lowest BCUT2D eigenvalue weighted by Crippen LogP contribution is -2.35. The number of hydrogen-bond donors (Lipinski definition) is 1. The number of benzene rings is 1. The summed E-state index contributed by atoms with van der Waals surface area (Å²) in [5.74, 6) is 1.18. The molecular formula is C15H22N2O3S. The Kier molecular flexibility index (Phi) is 3.94. The van der Waals surface area contributed by atoms with Crippen LogP contribution < -0.4 is 10.5 Å². The van der Waals surface area contributed by atoms with Gasteiger partial charge in [0.25, 0.3) is 0 Å². The van der Waals surface area contributed by atoms with E-state index in [2.05, 4.69) is 0 Å². The van der Waals surface area contributed by atoms with Crippen LogP contribution >= 0.6 is 0 Å². The molecule has 2 saturated carbocycles. The lowest BCUT2D eigenvalue weighted by molar-refractivity contribution is 0.388. The molecule has 5 nitrogen and oxygen atoms in total. The van der Waals surface area contributed by atoms with Gasteiger partial charge in [-0.05, 0) is 49.8 Å². The van der Waals surface area contributed by atoms with E-state index in [4.69, 9.17) is 10.5 Å². The zero-order chi connectivity index (χ0) is 15.0. The molecule has 0 aromatic heterocycles. The molecule has 0 heterocycles. The van der Waals surface area contributed by atoms with Gasteiger partial charge < -0.3 is 10.5 Å². The Morgan fingerprint density at radius 2 is 2.00 bits per heavy atom. The third-order valence-electron chi connectivity index (χ3n) is 4.17. The summed E-state index contributed by atoms with van der Waals surface area (Å²) in [5.41, 5.74) is 6.41. The summed E-state index contributed by atoms with van der Waals surface area (Å²) in [6.45, 7) is 0.926. The minimum absolute atomic E-state index is 0.194. The van der Waals surface area contributed by atoms with Crippen molar-refractivity contribution in [2.24, 2.45) is 11.7 Å². The van der Waals surface area contributed by atoms with Crippen molar-refractivity contribution >= 4 is 10.0 Å². The highest BCUT2D eigenvalue weighted by atomic mass is 32.2. The van der Waals surface area contributed by atoms with E-state index >= 15 is 0 Å². The van der Waals surface area contributed by atoms with Gasteiger partial charge in [0.1, 0.15) is 5.75 Å². The maximum Gasteiger partial charge on any atom is 0.243 e. The van der Waals surface area contributed by atoms with Gasteiger partial charge in [-0.1, -0.05) is 0 Å². The first-order chi connectivity index (χ1) is 10.1. The molecule has 0 saturated heterocycles. The van der Waals surface area contributed by atoms with E-state index in [-0.39, 0.29) is 12.6 Å². The summed E-state index contributed by atoms with van der Waals surface area (Å²) in [6, 6.07) is 5.16. The van der Waals surface area contributed by atoms with Crippen molar-refractivity contribution in [2.75, 3.05) is 13.7 Å².